The Kier molecular flexibility index (Phi) is 7.25. The SMILES string of the molecule is CCOC(=O)c1c(SCc2ccccc2)nn(C(=O)Nc2ccc(Cl)c(Cl)c2)c1N. The number of nitrogens with zero attached hydrogens (tertiary/aromatic N) is 2. The van der Waals surface area contributed by atoms with E-state index in [1.807, 2.05) is 30.3 Å². The van der Waals surface area contributed by atoms with Gasteiger partial charge in [0, 0.05) is 11.4 Å². The Morgan fingerprint density at radius 1 is 1.17 bits per heavy atom. The number of thioether (sulfide) groups is 1. The van der Waals surface area contributed by atoms with Gasteiger partial charge in [-0.2, -0.15) is 9.78 Å². The van der Waals surface area contributed by atoms with Gasteiger partial charge < -0.3 is 15.8 Å². The van der Waals surface area contributed by atoms with Gasteiger partial charge in [0.1, 0.15) is 16.4 Å². The fourth-order valence-electron chi connectivity index (χ4n) is 2.54. The maximum atomic E-state index is 12.7. The number of amides is 1. The van der Waals surface area contributed by atoms with Gasteiger partial charge in [-0.05, 0) is 30.7 Å². The molecule has 1 aromatic heterocycles. The highest BCUT2D eigenvalue weighted by Gasteiger charge is 2.26. The Bertz CT molecular complexity index is 1070. The lowest BCUT2D eigenvalue weighted by atomic mass is 10.2. The first-order valence-corrected chi connectivity index (χ1v) is 10.6. The van der Waals surface area contributed by atoms with Gasteiger partial charge in [-0.3, -0.25) is 0 Å². The topological polar surface area (TPSA) is 99.2 Å². The summed E-state index contributed by atoms with van der Waals surface area (Å²) in [6.07, 6.45) is 0. The Morgan fingerprint density at radius 3 is 2.57 bits per heavy atom. The molecule has 0 bridgehead atoms. The van der Waals surface area contributed by atoms with Gasteiger partial charge in [-0.1, -0.05) is 65.3 Å². The van der Waals surface area contributed by atoms with Gasteiger partial charge in [0.25, 0.3) is 0 Å². The van der Waals surface area contributed by atoms with Gasteiger partial charge in [-0.15, -0.1) is 0 Å². The van der Waals surface area contributed by atoms with Crippen molar-refractivity contribution in [2.75, 3.05) is 17.7 Å². The molecule has 0 saturated heterocycles. The molecular weight excluding hydrogens is 447 g/mol. The number of carbonyl (C=O) groups is 2. The van der Waals surface area contributed by atoms with Crippen molar-refractivity contribution in [3.63, 3.8) is 0 Å². The summed E-state index contributed by atoms with van der Waals surface area (Å²) < 4.78 is 6.02. The average Bonchev–Trinajstić information content (AvgIpc) is 3.06. The molecule has 0 spiro atoms. The number of halogens is 2. The summed E-state index contributed by atoms with van der Waals surface area (Å²) in [6.45, 7) is 1.86. The number of esters is 1. The van der Waals surface area contributed by atoms with Crippen LogP contribution in [0.5, 0.6) is 0 Å². The first-order valence-electron chi connectivity index (χ1n) is 8.89. The van der Waals surface area contributed by atoms with Crippen LogP contribution in [0.25, 0.3) is 0 Å². The van der Waals surface area contributed by atoms with Crippen molar-refractivity contribution < 1.29 is 14.3 Å². The summed E-state index contributed by atoms with van der Waals surface area (Å²) in [4.78, 5) is 25.2. The molecule has 3 N–H and O–H groups in total. The van der Waals surface area contributed by atoms with E-state index in [1.165, 1.54) is 17.8 Å². The van der Waals surface area contributed by atoms with Crippen LogP contribution in [0.1, 0.15) is 22.8 Å². The molecule has 0 unspecified atom stereocenters. The molecule has 156 valence electrons. The van der Waals surface area contributed by atoms with Crippen LogP contribution >= 0.6 is 35.0 Å². The number of benzene rings is 2. The molecule has 30 heavy (non-hydrogen) atoms. The number of nitrogens with one attached hydrogen (secondary N) is 1. The molecule has 2 aromatic carbocycles. The minimum atomic E-state index is -0.650. The van der Waals surface area contributed by atoms with E-state index in [0.717, 1.165) is 10.2 Å². The predicted molar refractivity (Wildman–Crippen MR) is 119 cm³/mol. The maximum absolute atomic E-state index is 12.7. The Hall–Kier alpha value is -2.68. The number of hydrogen-bond acceptors (Lipinski definition) is 6. The van der Waals surface area contributed by atoms with Crippen LogP contribution in [-0.4, -0.2) is 28.4 Å². The van der Waals surface area contributed by atoms with E-state index in [1.54, 1.807) is 19.1 Å². The minimum Gasteiger partial charge on any atom is -0.462 e. The van der Waals surface area contributed by atoms with E-state index in [-0.39, 0.29) is 23.0 Å². The van der Waals surface area contributed by atoms with Crippen molar-refractivity contribution >= 4 is 58.5 Å². The number of aromatic nitrogens is 2. The molecule has 0 fully saturated rings. The van der Waals surface area contributed by atoms with Crippen LogP contribution in [0.2, 0.25) is 10.0 Å². The van der Waals surface area contributed by atoms with Gasteiger partial charge >= 0.3 is 12.0 Å². The van der Waals surface area contributed by atoms with Crippen molar-refractivity contribution in [1.29, 1.82) is 0 Å². The van der Waals surface area contributed by atoms with E-state index >= 15 is 0 Å². The molecule has 7 nitrogen and oxygen atoms in total. The highest BCUT2D eigenvalue weighted by atomic mass is 35.5. The molecule has 0 atom stereocenters. The molecule has 1 heterocycles. The highest BCUT2D eigenvalue weighted by Crippen LogP contribution is 2.30. The molecule has 0 aliphatic heterocycles. The maximum Gasteiger partial charge on any atom is 0.348 e. The Morgan fingerprint density at radius 2 is 1.90 bits per heavy atom. The number of ether oxygens (including phenoxy) is 1. The molecule has 3 aromatic rings. The number of anilines is 2. The third kappa shape index (κ3) is 5.08. The van der Waals surface area contributed by atoms with Crippen molar-refractivity contribution in [3.8, 4) is 0 Å². The van der Waals surface area contributed by atoms with Crippen molar-refractivity contribution in [1.82, 2.24) is 9.78 Å². The number of nitrogen functional groups attached to an aromatic ring is 1. The fourth-order valence-corrected chi connectivity index (χ4v) is 3.80. The average molecular weight is 465 g/mol. The monoisotopic (exact) mass is 464 g/mol. The van der Waals surface area contributed by atoms with Crippen LogP contribution in [0.15, 0.2) is 53.6 Å². The zero-order valence-electron chi connectivity index (χ0n) is 15.9. The zero-order valence-corrected chi connectivity index (χ0v) is 18.2. The molecule has 0 aliphatic rings. The zero-order chi connectivity index (χ0) is 21.7. The molecule has 1 amide bonds. The third-order valence-electron chi connectivity index (χ3n) is 3.95. The van der Waals surface area contributed by atoms with Gasteiger partial charge in [0.15, 0.2) is 0 Å². The molecular formula is C20H18Cl2N4O3S. The molecule has 0 aliphatic carbocycles. The normalized spacial score (nSPS) is 10.6. The smallest absolute Gasteiger partial charge is 0.348 e. The quantitative estimate of drug-likeness (QED) is 0.378. The lowest BCUT2D eigenvalue weighted by molar-refractivity contribution is 0.0523. The largest absolute Gasteiger partial charge is 0.462 e. The summed E-state index contributed by atoms with van der Waals surface area (Å²) in [7, 11) is 0. The van der Waals surface area contributed by atoms with Crippen molar-refractivity contribution in [3.05, 3.63) is 69.7 Å². The molecule has 3 rings (SSSR count). The first kappa shape index (κ1) is 22.0. The first-order chi connectivity index (χ1) is 14.4. The van der Waals surface area contributed by atoms with E-state index in [9.17, 15) is 9.59 Å². The highest BCUT2D eigenvalue weighted by molar-refractivity contribution is 7.98. The van der Waals surface area contributed by atoms with Crippen molar-refractivity contribution in [2.24, 2.45) is 0 Å². The number of nitrogens with two attached hydrogens (primary N) is 1. The van der Waals surface area contributed by atoms with E-state index in [4.69, 9.17) is 33.7 Å². The molecule has 10 heteroatoms. The molecule has 0 saturated carbocycles. The summed E-state index contributed by atoms with van der Waals surface area (Å²) >= 11 is 13.2. The fraction of sp³-hybridized carbons (Fsp3) is 0.150. The lowest BCUT2D eigenvalue weighted by Gasteiger charge is -2.07. The van der Waals surface area contributed by atoms with Crippen LogP contribution < -0.4 is 11.1 Å². The second kappa shape index (κ2) is 9.88. The number of carbonyl (C=O) groups excluding carboxylic acids is 2. The predicted octanol–water partition coefficient (Wildman–Crippen LogP) is 5.32. The number of rotatable bonds is 6. The van der Waals surface area contributed by atoms with E-state index in [2.05, 4.69) is 10.4 Å². The second-order valence-electron chi connectivity index (χ2n) is 6.03. The van der Waals surface area contributed by atoms with Crippen molar-refractivity contribution in [2.45, 2.75) is 17.7 Å². The van der Waals surface area contributed by atoms with E-state index < -0.39 is 12.0 Å². The van der Waals surface area contributed by atoms with Crippen LogP contribution in [0, 0.1) is 0 Å². The van der Waals surface area contributed by atoms with Crippen LogP contribution in [-0.2, 0) is 10.5 Å². The van der Waals surface area contributed by atoms with Crippen LogP contribution in [0.4, 0.5) is 16.3 Å². The Balaban J connectivity index is 1.88. The number of hydrogen-bond donors (Lipinski definition) is 2. The summed E-state index contributed by atoms with van der Waals surface area (Å²) in [6, 6.07) is 13.6. The van der Waals surface area contributed by atoms with Gasteiger partial charge in [0.2, 0.25) is 0 Å². The Labute approximate surface area is 187 Å². The molecule has 0 radical (unpaired) electrons. The summed E-state index contributed by atoms with van der Waals surface area (Å²) in [5, 5.41) is 7.83. The van der Waals surface area contributed by atoms with E-state index in [0.29, 0.717) is 21.5 Å². The summed E-state index contributed by atoms with van der Waals surface area (Å²) in [5.74, 6) is -0.210. The van der Waals surface area contributed by atoms with Gasteiger partial charge in [-0.25, -0.2) is 9.59 Å². The third-order valence-corrected chi connectivity index (χ3v) is 5.73. The van der Waals surface area contributed by atoms with Crippen LogP contribution in [0.3, 0.4) is 0 Å². The summed E-state index contributed by atoms with van der Waals surface area (Å²) in [5.41, 5.74) is 7.58. The van der Waals surface area contributed by atoms with Gasteiger partial charge in [0.05, 0.1) is 16.7 Å². The minimum absolute atomic E-state index is 0.0575. The standard InChI is InChI=1S/C20H18Cl2N4O3S/c1-2-29-19(27)16-17(23)26(20(28)24-13-8-9-14(21)15(22)10-13)25-18(16)30-11-12-6-4-3-5-7-12/h3-10H,2,11,23H2,1H3,(H,24,28). The second-order valence-corrected chi connectivity index (χ2v) is 7.81. The lowest BCUT2D eigenvalue weighted by Crippen LogP contribution is -2.23.